The van der Waals surface area contributed by atoms with Crippen molar-refractivity contribution in [1.82, 2.24) is 10.3 Å². The van der Waals surface area contributed by atoms with E-state index in [1.807, 2.05) is 7.05 Å². The largest absolute Gasteiger partial charge is 0.358 e. The minimum atomic E-state index is -0.243. The van der Waals surface area contributed by atoms with E-state index in [0.29, 0.717) is 0 Å². The normalized spacial score (nSPS) is 21.1. The van der Waals surface area contributed by atoms with E-state index in [-0.39, 0.29) is 11.2 Å². The van der Waals surface area contributed by atoms with E-state index >= 15 is 0 Å². The second kappa shape index (κ2) is 3.79. The number of nitrogens with one attached hydrogen (secondary N) is 1. The number of hydrogen-bond acceptors (Lipinski definition) is 4. The van der Waals surface area contributed by atoms with Gasteiger partial charge in [-0.3, -0.25) is 0 Å². The number of aromatic nitrogens is 1. The van der Waals surface area contributed by atoms with Crippen molar-refractivity contribution in [3.8, 4) is 0 Å². The highest BCUT2D eigenvalue weighted by molar-refractivity contribution is 7.12. The molecule has 1 aromatic rings. The Morgan fingerprint density at radius 3 is 2.50 bits per heavy atom. The molecular formula is C12H20N2OS. The Kier molecular flexibility index (Phi) is 2.85. The Hall–Kier alpha value is -0.450. The molecule has 1 N–H and O–H groups in total. The molecule has 2 heterocycles. The summed E-state index contributed by atoms with van der Waals surface area (Å²) in [6.07, 6.45) is 1.00. The van der Waals surface area contributed by atoms with Crippen molar-refractivity contribution in [2.24, 2.45) is 0 Å². The molecule has 0 atom stereocenters. The highest BCUT2D eigenvalue weighted by atomic mass is 32.1. The summed E-state index contributed by atoms with van der Waals surface area (Å²) in [7, 11) is 1.97. The average Bonchev–Trinajstić information content (AvgIpc) is 2.63. The fraction of sp³-hybridized carbons (Fsp3) is 0.750. The van der Waals surface area contributed by atoms with E-state index in [0.717, 1.165) is 18.7 Å². The van der Waals surface area contributed by atoms with Crippen LogP contribution in [0.5, 0.6) is 0 Å². The lowest BCUT2D eigenvalue weighted by molar-refractivity contribution is -0.105. The van der Waals surface area contributed by atoms with Gasteiger partial charge in [-0.1, -0.05) is 0 Å². The van der Waals surface area contributed by atoms with Crippen LogP contribution in [-0.2, 0) is 22.4 Å². The first kappa shape index (κ1) is 12.0. The number of likely N-dealkylation sites (N-methyl/N-ethyl adjacent to an activating group) is 1. The minimum Gasteiger partial charge on any atom is -0.358 e. The summed E-state index contributed by atoms with van der Waals surface area (Å²) in [5.41, 5.74) is 0.704. The van der Waals surface area contributed by atoms with Gasteiger partial charge in [0.25, 0.3) is 0 Å². The molecule has 4 heteroatoms. The molecule has 1 aliphatic heterocycles. The lowest BCUT2D eigenvalue weighted by Gasteiger charge is -2.24. The van der Waals surface area contributed by atoms with Crippen LogP contribution in [0.4, 0.5) is 0 Å². The zero-order valence-electron chi connectivity index (χ0n) is 10.7. The Bertz CT molecular complexity index is 364. The van der Waals surface area contributed by atoms with Crippen LogP contribution < -0.4 is 5.32 Å². The molecule has 0 saturated heterocycles. The minimum absolute atomic E-state index is 0.186. The summed E-state index contributed by atoms with van der Waals surface area (Å²) in [6.45, 7) is 9.43. The van der Waals surface area contributed by atoms with Crippen molar-refractivity contribution in [3.63, 3.8) is 0 Å². The lowest BCUT2D eigenvalue weighted by atomic mass is 10.0. The molecule has 16 heavy (non-hydrogen) atoms. The summed E-state index contributed by atoms with van der Waals surface area (Å²) >= 11 is 1.80. The van der Waals surface area contributed by atoms with E-state index in [9.17, 15) is 0 Å². The van der Waals surface area contributed by atoms with Crippen LogP contribution in [0, 0.1) is 0 Å². The smallest absolute Gasteiger partial charge is 0.107 e. The second-order valence-electron chi connectivity index (χ2n) is 5.26. The molecule has 1 aromatic heterocycles. The number of thiazole rings is 1. The van der Waals surface area contributed by atoms with Gasteiger partial charge in [-0.25, -0.2) is 4.98 Å². The van der Waals surface area contributed by atoms with Gasteiger partial charge in [-0.05, 0) is 34.7 Å². The van der Waals surface area contributed by atoms with Crippen LogP contribution in [0.25, 0.3) is 0 Å². The van der Waals surface area contributed by atoms with Crippen molar-refractivity contribution in [3.05, 3.63) is 15.6 Å². The molecule has 0 bridgehead atoms. The number of hydrogen-bond donors (Lipinski definition) is 1. The molecule has 0 aromatic carbocycles. The molecule has 90 valence electrons. The highest BCUT2D eigenvalue weighted by Crippen LogP contribution is 2.48. The van der Waals surface area contributed by atoms with Crippen molar-refractivity contribution in [2.75, 3.05) is 13.6 Å². The third-order valence-corrected chi connectivity index (χ3v) is 4.31. The van der Waals surface area contributed by atoms with Crippen LogP contribution in [0.3, 0.4) is 0 Å². The molecule has 3 nitrogen and oxygen atoms in total. The lowest BCUT2D eigenvalue weighted by Crippen LogP contribution is -2.23. The van der Waals surface area contributed by atoms with E-state index in [1.54, 1.807) is 11.3 Å². The van der Waals surface area contributed by atoms with Gasteiger partial charge in [0.1, 0.15) is 5.60 Å². The predicted octanol–water partition coefficient (Wildman–Crippen LogP) is 2.41. The van der Waals surface area contributed by atoms with E-state index < -0.39 is 0 Å². The predicted molar refractivity (Wildman–Crippen MR) is 66.9 cm³/mol. The molecule has 0 unspecified atom stereocenters. The fourth-order valence-corrected chi connectivity index (χ4v) is 3.50. The summed E-state index contributed by atoms with van der Waals surface area (Å²) in [5.74, 6) is 0. The zero-order valence-corrected chi connectivity index (χ0v) is 11.5. The summed E-state index contributed by atoms with van der Waals surface area (Å²) in [5, 5.41) is 4.37. The molecule has 0 saturated carbocycles. The monoisotopic (exact) mass is 240 g/mol. The van der Waals surface area contributed by atoms with Crippen LogP contribution in [-0.4, -0.2) is 18.6 Å². The Morgan fingerprint density at radius 1 is 1.25 bits per heavy atom. The fourth-order valence-electron chi connectivity index (χ4n) is 2.25. The molecular weight excluding hydrogens is 220 g/mol. The van der Waals surface area contributed by atoms with Gasteiger partial charge in [-0.15, -0.1) is 11.3 Å². The third-order valence-electron chi connectivity index (χ3n) is 2.89. The van der Waals surface area contributed by atoms with Gasteiger partial charge in [-0.2, -0.15) is 0 Å². The SMILES string of the molecule is CNCCc1nc2c(s1)C(C)(C)OC2(C)C. The standard InChI is InChI=1S/C12H20N2OS/c1-11(2)9-10(12(3,4)15-11)16-8(14-9)6-7-13-5/h13H,6-7H2,1-5H3. The van der Waals surface area contributed by atoms with E-state index in [2.05, 4.69) is 33.0 Å². The molecule has 0 fully saturated rings. The maximum atomic E-state index is 6.04. The molecule has 0 aliphatic carbocycles. The number of fused-ring (bicyclic) bond motifs is 1. The van der Waals surface area contributed by atoms with Crippen LogP contribution in [0.15, 0.2) is 0 Å². The number of rotatable bonds is 3. The van der Waals surface area contributed by atoms with Crippen molar-refractivity contribution in [2.45, 2.75) is 45.3 Å². The first-order valence-electron chi connectivity index (χ1n) is 5.72. The molecule has 2 rings (SSSR count). The summed E-state index contributed by atoms with van der Waals surface area (Å²) in [6, 6.07) is 0. The first-order valence-corrected chi connectivity index (χ1v) is 6.54. The van der Waals surface area contributed by atoms with E-state index in [1.165, 1.54) is 9.88 Å². The van der Waals surface area contributed by atoms with Gasteiger partial charge in [0, 0.05) is 13.0 Å². The molecule has 0 amide bonds. The van der Waals surface area contributed by atoms with Gasteiger partial charge >= 0.3 is 0 Å². The third kappa shape index (κ3) is 1.90. The van der Waals surface area contributed by atoms with Crippen LogP contribution in [0.2, 0.25) is 0 Å². The number of ether oxygens (including phenoxy) is 1. The maximum absolute atomic E-state index is 6.04. The van der Waals surface area contributed by atoms with Gasteiger partial charge in [0.05, 0.1) is 21.2 Å². The molecule has 1 aliphatic rings. The van der Waals surface area contributed by atoms with Gasteiger partial charge < -0.3 is 10.1 Å². The van der Waals surface area contributed by atoms with Crippen LogP contribution >= 0.6 is 11.3 Å². The highest BCUT2D eigenvalue weighted by Gasteiger charge is 2.46. The topological polar surface area (TPSA) is 34.2 Å². The quantitative estimate of drug-likeness (QED) is 0.881. The first-order chi connectivity index (χ1) is 7.37. The zero-order chi connectivity index (χ0) is 12.0. The van der Waals surface area contributed by atoms with E-state index in [4.69, 9.17) is 9.72 Å². The molecule has 0 radical (unpaired) electrons. The van der Waals surface area contributed by atoms with Crippen molar-refractivity contribution >= 4 is 11.3 Å². The van der Waals surface area contributed by atoms with Crippen molar-refractivity contribution < 1.29 is 4.74 Å². The number of nitrogens with zero attached hydrogens (tertiary/aromatic N) is 1. The van der Waals surface area contributed by atoms with Crippen LogP contribution in [0.1, 0.15) is 43.3 Å². The average molecular weight is 240 g/mol. The Labute approximate surface area is 101 Å². The Morgan fingerprint density at radius 2 is 1.94 bits per heavy atom. The van der Waals surface area contributed by atoms with Gasteiger partial charge in [0.15, 0.2) is 0 Å². The van der Waals surface area contributed by atoms with Gasteiger partial charge in [0.2, 0.25) is 0 Å². The molecule has 0 spiro atoms. The summed E-state index contributed by atoms with van der Waals surface area (Å²) < 4.78 is 6.04. The maximum Gasteiger partial charge on any atom is 0.107 e. The van der Waals surface area contributed by atoms with Crippen molar-refractivity contribution in [1.29, 1.82) is 0 Å². The Balaban J connectivity index is 2.33. The summed E-state index contributed by atoms with van der Waals surface area (Å²) in [4.78, 5) is 6.03. The second-order valence-corrected chi connectivity index (χ2v) is 6.35.